The number of aliphatic imine (C=N–C) groups is 1. The van der Waals surface area contributed by atoms with E-state index in [-0.39, 0.29) is 31.6 Å². The first-order chi connectivity index (χ1) is 12.5. The second-order valence-corrected chi connectivity index (χ2v) is 6.46. The second kappa shape index (κ2) is 9.62. The molecule has 2 atom stereocenters. The maximum atomic E-state index is 12.7. The quantitative estimate of drug-likeness (QED) is 0.378. The molecule has 1 fully saturated rings. The van der Waals surface area contributed by atoms with Gasteiger partial charge in [-0.25, -0.2) is 9.59 Å². The molecule has 1 heterocycles. The van der Waals surface area contributed by atoms with E-state index in [0.717, 1.165) is 12.0 Å². The van der Waals surface area contributed by atoms with Gasteiger partial charge in [-0.15, -0.1) is 0 Å². The van der Waals surface area contributed by atoms with Crippen molar-refractivity contribution in [3.05, 3.63) is 0 Å². The first-order valence-electron chi connectivity index (χ1n) is 8.26. The molecule has 156 valence electrons. The number of nitrogens with two attached hydrogens (primary N) is 1. The van der Waals surface area contributed by atoms with Crippen molar-refractivity contribution in [2.45, 2.75) is 32.1 Å². The molecule has 2 unspecified atom stereocenters. The van der Waals surface area contributed by atoms with Crippen LogP contribution in [0.4, 0.5) is 18.0 Å². The number of amides is 1. The lowest BCUT2D eigenvalue weighted by atomic mass is 10.1. The van der Waals surface area contributed by atoms with Crippen LogP contribution in [0.25, 0.3) is 0 Å². The lowest BCUT2D eigenvalue weighted by Gasteiger charge is -2.24. The zero-order chi connectivity index (χ0) is 20.8. The lowest BCUT2D eigenvalue weighted by Crippen LogP contribution is -2.47. The zero-order valence-corrected chi connectivity index (χ0v) is 15.7. The molecule has 0 aromatic rings. The van der Waals surface area contributed by atoms with Crippen LogP contribution in [0.2, 0.25) is 0 Å². The number of hydrogen-bond acceptors (Lipinski definition) is 6. The van der Waals surface area contributed by atoms with E-state index in [2.05, 4.69) is 19.8 Å². The molecule has 0 bridgehead atoms. The molecule has 3 N–H and O–H groups in total. The molecule has 1 saturated heterocycles. The van der Waals surface area contributed by atoms with E-state index in [4.69, 9.17) is 5.73 Å². The maximum absolute atomic E-state index is 12.7. The Hall–Kier alpha value is -2.24. The SMILES string of the molecule is COC(=O)NC(CN=C(N)N1CN(CC(F)(F)F)CC1C(=O)OC)C(C)C. The van der Waals surface area contributed by atoms with Gasteiger partial charge in [0.15, 0.2) is 5.96 Å². The summed E-state index contributed by atoms with van der Waals surface area (Å²) in [5.74, 6) is -0.810. The van der Waals surface area contributed by atoms with E-state index >= 15 is 0 Å². The molecule has 0 aromatic heterocycles. The number of hydrogen-bond donors (Lipinski definition) is 2. The summed E-state index contributed by atoms with van der Waals surface area (Å²) in [5.41, 5.74) is 5.92. The van der Waals surface area contributed by atoms with Gasteiger partial charge in [0.1, 0.15) is 6.04 Å². The molecule has 27 heavy (non-hydrogen) atoms. The molecule has 0 spiro atoms. The van der Waals surface area contributed by atoms with Gasteiger partial charge in [-0.3, -0.25) is 9.89 Å². The third-order valence-corrected chi connectivity index (χ3v) is 4.07. The van der Waals surface area contributed by atoms with Crippen LogP contribution in [0, 0.1) is 5.92 Å². The number of esters is 1. The Morgan fingerprint density at radius 2 is 1.93 bits per heavy atom. The van der Waals surface area contributed by atoms with Gasteiger partial charge in [-0.05, 0) is 5.92 Å². The van der Waals surface area contributed by atoms with E-state index in [1.54, 1.807) is 0 Å². The van der Waals surface area contributed by atoms with Crippen LogP contribution < -0.4 is 11.1 Å². The van der Waals surface area contributed by atoms with Gasteiger partial charge in [0.25, 0.3) is 0 Å². The first-order valence-corrected chi connectivity index (χ1v) is 8.26. The lowest BCUT2D eigenvalue weighted by molar-refractivity contribution is -0.147. The number of guanidine groups is 1. The minimum atomic E-state index is -4.41. The summed E-state index contributed by atoms with van der Waals surface area (Å²) < 4.78 is 47.2. The van der Waals surface area contributed by atoms with Crippen molar-refractivity contribution in [2.24, 2.45) is 16.6 Å². The Balaban J connectivity index is 2.88. The van der Waals surface area contributed by atoms with E-state index in [9.17, 15) is 22.8 Å². The monoisotopic (exact) mass is 397 g/mol. The van der Waals surface area contributed by atoms with E-state index in [1.165, 1.54) is 12.0 Å². The highest BCUT2D eigenvalue weighted by Gasteiger charge is 2.42. The van der Waals surface area contributed by atoms with Gasteiger partial charge < -0.3 is 25.4 Å². The molecule has 9 nitrogen and oxygen atoms in total. The molecule has 0 radical (unpaired) electrons. The third-order valence-electron chi connectivity index (χ3n) is 4.07. The second-order valence-electron chi connectivity index (χ2n) is 6.46. The summed E-state index contributed by atoms with van der Waals surface area (Å²) in [5, 5.41) is 2.60. The summed E-state index contributed by atoms with van der Waals surface area (Å²) in [4.78, 5) is 29.7. The number of alkyl carbamates (subject to hydrolysis) is 1. The summed E-state index contributed by atoms with van der Waals surface area (Å²) >= 11 is 0. The standard InChI is InChI=1S/C15H26F3N5O4/c1-9(2)10(21-14(25)27-4)5-20-13(19)23-8-22(7-15(16,17)18)6-11(23)12(24)26-3/h9-11H,5-8H2,1-4H3,(H2,19,20)(H,21,25). The molecule has 12 heteroatoms. The van der Waals surface area contributed by atoms with E-state index < -0.39 is 36.9 Å². The van der Waals surface area contributed by atoms with Gasteiger partial charge >= 0.3 is 18.2 Å². The molecular formula is C15H26F3N5O4. The number of methoxy groups -OCH3 is 2. The summed E-state index contributed by atoms with van der Waals surface area (Å²) in [6, 6.07) is -1.39. The minimum Gasteiger partial charge on any atom is -0.467 e. The van der Waals surface area contributed by atoms with Crippen molar-refractivity contribution >= 4 is 18.0 Å². The van der Waals surface area contributed by atoms with Gasteiger partial charge in [-0.1, -0.05) is 13.8 Å². The fourth-order valence-corrected chi connectivity index (χ4v) is 2.57. The van der Waals surface area contributed by atoms with Crippen LogP contribution in [0.15, 0.2) is 4.99 Å². The molecule has 1 amide bonds. The number of halogens is 3. The number of carbonyl (C=O) groups excluding carboxylic acids is 2. The number of rotatable bonds is 6. The smallest absolute Gasteiger partial charge is 0.407 e. The third kappa shape index (κ3) is 7.12. The summed E-state index contributed by atoms with van der Waals surface area (Å²) in [6.45, 7) is 2.20. The highest BCUT2D eigenvalue weighted by atomic mass is 19.4. The highest BCUT2D eigenvalue weighted by Crippen LogP contribution is 2.21. The zero-order valence-electron chi connectivity index (χ0n) is 15.7. The fourth-order valence-electron chi connectivity index (χ4n) is 2.57. The number of carbonyl (C=O) groups is 2. The van der Waals surface area contributed by atoms with Crippen molar-refractivity contribution < 1.29 is 32.2 Å². The Kier molecular flexibility index (Phi) is 8.13. The van der Waals surface area contributed by atoms with Crippen molar-refractivity contribution in [1.82, 2.24) is 15.1 Å². The van der Waals surface area contributed by atoms with Crippen LogP contribution in [-0.2, 0) is 14.3 Å². The van der Waals surface area contributed by atoms with Gasteiger partial charge in [0, 0.05) is 6.54 Å². The minimum absolute atomic E-state index is 0.00244. The Morgan fingerprint density at radius 1 is 1.30 bits per heavy atom. The Bertz CT molecular complexity index is 556. The van der Waals surface area contributed by atoms with Gasteiger partial charge in [0.05, 0.1) is 40.0 Å². The summed E-state index contributed by atoms with van der Waals surface area (Å²) in [7, 11) is 2.38. The normalized spacial score (nSPS) is 19.9. The van der Waals surface area contributed by atoms with Crippen LogP contribution in [0.3, 0.4) is 0 Å². The van der Waals surface area contributed by atoms with Crippen molar-refractivity contribution in [3.63, 3.8) is 0 Å². The van der Waals surface area contributed by atoms with Gasteiger partial charge in [-0.2, -0.15) is 13.2 Å². The summed E-state index contributed by atoms with van der Waals surface area (Å²) in [6.07, 6.45) is -5.04. The molecule has 0 aromatic carbocycles. The number of nitrogens with zero attached hydrogens (tertiary/aromatic N) is 3. The predicted molar refractivity (Wildman–Crippen MR) is 90.8 cm³/mol. The number of alkyl halides is 3. The average Bonchev–Trinajstić information content (AvgIpc) is 2.98. The topological polar surface area (TPSA) is 109 Å². The fraction of sp³-hybridized carbons (Fsp3) is 0.800. The van der Waals surface area contributed by atoms with Gasteiger partial charge in [0.2, 0.25) is 0 Å². The van der Waals surface area contributed by atoms with Crippen LogP contribution in [0.5, 0.6) is 0 Å². The number of nitrogens with one attached hydrogen (secondary N) is 1. The maximum Gasteiger partial charge on any atom is 0.407 e. The van der Waals surface area contributed by atoms with Crippen LogP contribution in [-0.4, -0.2) is 86.6 Å². The van der Waals surface area contributed by atoms with E-state index in [1.807, 2.05) is 13.8 Å². The van der Waals surface area contributed by atoms with Crippen LogP contribution >= 0.6 is 0 Å². The Labute approximate surface area is 155 Å². The molecular weight excluding hydrogens is 371 g/mol. The molecule has 1 rings (SSSR count). The Morgan fingerprint density at radius 3 is 2.41 bits per heavy atom. The van der Waals surface area contributed by atoms with Crippen molar-refractivity contribution in [3.8, 4) is 0 Å². The number of ether oxygens (including phenoxy) is 2. The molecule has 1 aliphatic rings. The molecule has 0 saturated carbocycles. The van der Waals surface area contributed by atoms with Crippen molar-refractivity contribution in [2.75, 3.05) is 40.5 Å². The predicted octanol–water partition coefficient (Wildman–Crippen LogP) is 0.361. The first kappa shape index (κ1) is 22.8. The van der Waals surface area contributed by atoms with Crippen LogP contribution in [0.1, 0.15) is 13.8 Å². The average molecular weight is 397 g/mol. The van der Waals surface area contributed by atoms with E-state index in [0.29, 0.717) is 0 Å². The van der Waals surface area contributed by atoms with Crippen molar-refractivity contribution in [1.29, 1.82) is 0 Å². The molecule has 1 aliphatic heterocycles. The largest absolute Gasteiger partial charge is 0.467 e. The highest BCUT2D eigenvalue weighted by molar-refractivity contribution is 5.86. The molecule has 0 aliphatic carbocycles.